The highest BCUT2D eigenvalue weighted by Gasteiger charge is 2.23. The van der Waals surface area contributed by atoms with E-state index in [4.69, 9.17) is 21.1 Å². The predicted molar refractivity (Wildman–Crippen MR) is 72.8 cm³/mol. The van der Waals surface area contributed by atoms with Crippen LogP contribution in [0.2, 0.25) is 5.15 Å². The molecule has 1 aromatic heterocycles. The van der Waals surface area contributed by atoms with E-state index in [1.807, 2.05) is 19.1 Å². The van der Waals surface area contributed by atoms with Crippen LogP contribution in [0.25, 0.3) is 11.4 Å². The maximum absolute atomic E-state index is 5.91. The molecule has 5 heteroatoms. The molecule has 19 heavy (non-hydrogen) atoms. The van der Waals surface area contributed by atoms with Crippen LogP contribution in [0.3, 0.4) is 0 Å². The van der Waals surface area contributed by atoms with Crippen LogP contribution in [0.4, 0.5) is 0 Å². The summed E-state index contributed by atoms with van der Waals surface area (Å²) in [6.07, 6.45) is 2.71. The van der Waals surface area contributed by atoms with Crippen LogP contribution in [0.15, 0.2) is 24.4 Å². The van der Waals surface area contributed by atoms with Crippen LogP contribution in [-0.2, 0) is 6.42 Å². The lowest BCUT2D eigenvalue weighted by atomic mass is 10.1. The normalized spacial score (nSPS) is 16.9. The summed E-state index contributed by atoms with van der Waals surface area (Å²) in [4.78, 5) is 8.45. The predicted octanol–water partition coefficient (Wildman–Crippen LogP) is 3.13. The Labute approximate surface area is 116 Å². The Morgan fingerprint density at radius 1 is 1.42 bits per heavy atom. The average Bonchev–Trinajstić information content (AvgIpc) is 2.76. The van der Waals surface area contributed by atoms with Gasteiger partial charge >= 0.3 is 0 Å². The summed E-state index contributed by atoms with van der Waals surface area (Å²) in [7, 11) is 1.63. The van der Waals surface area contributed by atoms with E-state index >= 15 is 0 Å². The third-order valence-corrected chi connectivity index (χ3v) is 3.29. The Morgan fingerprint density at radius 3 is 3.00 bits per heavy atom. The van der Waals surface area contributed by atoms with Gasteiger partial charge in [0.25, 0.3) is 0 Å². The molecule has 0 saturated heterocycles. The average molecular weight is 277 g/mol. The Bertz CT molecular complexity index is 631. The Kier molecular flexibility index (Phi) is 3.03. The van der Waals surface area contributed by atoms with Crippen molar-refractivity contribution in [2.75, 3.05) is 7.11 Å². The first kappa shape index (κ1) is 12.2. The number of hydrogen-bond acceptors (Lipinski definition) is 4. The first-order valence-corrected chi connectivity index (χ1v) is 6.41. The minimum atomic E-state index is 0.190. The zero-order valence-electron chi connectivity index (χ0n) is 10.7. The number of nitrogens with zero attached hydrogens (tertiary/aromatic N) is 2. The molecule has 2 heterocycles. The summed E-state index contributed by atoms with van der Waals surface area (Å²) < 4.78 is 11.2. The molecular weight excluding hydrogens is 264 g/mol. The van der Waals surface area contributed by atoms with Gasteiger partial charge in [-0.25, -0.2) is 9.97 Å². The van der Waals surface area contributed by atoms with Crippen molar-refractivity contribution in [2.24, 2.45) is 0 Å². The second kappa shape index (κ2) is 4.70. The summed E-state index contributed by atoms with van der Waals surface area (Å²) in [5, 5.41) is 0.404. The molecule has 0 spiro atoms. The standard InChI is InChI=1S/C14H13ClN2O2/c1-8-5-9-6-12(18-2)10(7-11(9)19-8)14-16-4-3-13(15)17-14/h3-4,6-8H,5H2,1-2H3. The van der Waals surface area contributed by atoms with Gasteiger partial charge in [0.15, 0.2) is 5.82 Å². The highest BCUT2D eigenvalue weighted by atomic mass is 35.5. The van der Waals surface area contributed by atoms with Crippen LogP contribution in [0.5, 0.6) is 11.5 Å². The molecule has 0 aliphatic carbocycles. The van der Waals surface area contributed by atoms with Gasteiger partial charge in [-0.05, 0) is 25.1 Å². The number of hydrogen-bond donors (Lipinski definition) is 0. The number of benzene rings is 1. The van der Waals surface area contributed by atoms with Gasteiger partial charge < -0.3 is 9.47 Å². The summed E-state index contributed by atoms with van der Waals surface area (Å²) in [6, 6.07) is 5.55. The molecule has 98 valence electrons. The minimum Gasteiger partial charge on any atom is -0.496 e. The van der Waals surface area contributed by atoms with Crippen molar-refractivity contribution in [2.45, 2.75) is 19.4 Å². The largest absolute Gasteiger partial charge is 0.496 e. The molecule has 1 aliphatic heterocycles. The molecule has 0 radical (unpaired) electrons. The van der Waals surface area contributed by atoms with Crippen LogP contribution in [0.1, 0.15) is 12.5 Å². The highest BCUT2D eigenvalue weighted by Crippen LogP contribution is 2.38. The van der Waals surface area contributed by atoms with Crippen molar-refractivity contribution in [1.82, 2.24) is 9.97 Å². The molecule has 0 bridgehead atoms. The first-order valence-electron chi connectivity index (χ1n) is 6.04. The maximum Gasteiger partial charge on any atom is 0.164 e. The van der Waals surface area contributed by atoms with Crippen LogP contribution in [0, 0.1) is 0 Å². The van der Waals surface area contributed by atoms with Gasteiger partial charge in [0.2, 0.25) is 0 Å². The SMILES string of the molecule is COc1cc2c(cc1-c1nccc(Cl)n1)OC(C)C2. The molecule has 1 unspecified atom stereocenters. The van der Waals surface area contributed by atoms with Crippen LogP contribution >= 0.6 is 11.6 Å². The second-order valence-electron chi connectivity index (χ2n) is 4.50. The van der Waals surface area contributed by atoms with Crippen molar-refractivity contribution < 1.29 is 9.47 Å². The van der Waals surface area contributed by atoms with Crippen molar-refractivity contribution in [3.05, 3.63) is 35.1 Å². The first-order chi connectivity index (χ1) is 9.17. The van der Waals surface area contributed by atoms with Crippen LogP contribution in [-0.4, -0.2) is 23.2 Å². The molecule has 0 saturated carbocycles. The topological polar surface area (TPSA) is 44.2 Å². The Hall–Kier alpha value is -1.81. The molecule has 1 aromatic carbocycles. The monoisotopic (exact) mass is 276 g/mol. The molecule has 2 aromatic rings. The van der Waals surface area contributed by atoms with E-state index in [1.54, 1.807) is 19.4 Å². The molecule has 1 aliphatic rings. The number of halogens is 1. The summed E-state index contributed by atoms with van der Waals surface area (Å²) in [5.41, 5.74) is 1.94. The number of methoxy groups -OCH3 is 1. The van der Waals surface area contributed by atoms with Crippen molar-refractivity contribution >= 4 is 11.6 Å². The van der Waals surface area contributed by atoms with Crippen molar-refractivity contribution in [3.63, 3.8) is 0 Å². The van der Waals surface area contributed by atoms with E-state index in [1.165, 1.54) is 0 Å². The summed E-state index contributed by atoms with van der Waals surface area (Å²) in [6.45, 7) is 2.04. The lowest BCUT2D eigenvalue weighted by Crippen LogP contribution is -2.05. The lowest BCUT2D eigenvalue weighted by molar-refractivity contribution is 0.254. The number of rotatable bonds is 2. The van der Waals surface area contributed by atoms with Gasteiger partial charge in [-0.2, -0.15) is 0 Å². The summed E-state index contributed by atoms with van der Waals surface area (Å²) >= 11 is 5.91. The van der Waals surface area contributed by atoms with Gasteiger partial charge in [0.1, 0.15) is 22.8 Å². The second-order valence-corrected chi connectivity index (χ2v) is 4.88. The quantitative estimate of drug-likeness (QED) is 0.791. The van der Waals surface area contributed by atoms with Gasteiger partial charge in [-0.15, -0.1) is 0 Å². The zero-order chi connectivity index (χ0) is 13.4. The third kappa shape index (κ3) is 2.24. The molecule has 0 amide bonds. The van der Waals surface area contributed by atoms with E-state index in [-0.39, 0.29) is 6.10 Å². The highest BCUT2D eigenvalue weighted by molar-refractivity contribution is 6.29. The van der Waals surface area contributed by atoms with E-state index in [0.717, 1.165) is 29.0 Å². The van der Waals surface area contributed by atoms with Gasteiger partial charge in [0.05, 0.1) is 12.7 Å². The van der Waals surface area contributed by atoms with E-state index in [9.17, 15) is 0 Å². The molecular formula is C14H13ClN2O2. The summed E-state index contributed by atoms with van der Waals surface area (Å²) in [5.74, 6) is 2.14. The van der Waals surface area contributed by atoms with Crippen LogP contribution < -0.4 is 9.47 Å². The third-order valence-electron chi connectivity index (χ3n) is 3.08. The number of fused-ring (bicyclic) bond motifs is 1. The molecule has 1 atom stereocenters. The number of aromatic nitrogens is 2. The van der Waals surface area contributed by atoms with Gasteiger partial charge in [-0.3, -0.25) is 0 Å². The maximum atomic E-state index is 5.91. The Morgan fingerprint density at radius 2 is 2.26 bits per heavy atom. The fraction of sp³-hybridized carbons (Fsp3) is 0.286. The van der Waals surface area contributed by atoms with Gasteiger partial charge in [-0.1, -0.05) is 11.6 Å². The Balaban J connectivity index is 2.13. The van der Waals surface area contributed by atoms with E-state index in [0.29, 0.717) is 11.0 Å². The van der Waals surface area contributed by atoms with E-state index < -0.39 is 0 Å². The molecule has 0 fully saturated rings. The van der Waals surface area contributed by atoms with Gasteiger partial charge in [0, 0.05) is 18.2 Å². The number of ether oxygens (including phenoxy) is 2. The minimum absolute atomic E-state index is 0.190. The molecule has 4 nitrogen and oxygen atoms in total. The molecule has 0 N–H and O–H groups in total. The van der Waals surface area contributed by atoms with E-state index in [2.05, 4.69) is 9.97 Å². The van der Waals surface area contributed by atoms with Crippen molar-refractivity contribution in [3.8, 4) is 22.9 Å². The molecule has 3 rings (SSSR count). The van der Waals surface area contributed by atoms with Crippen molar-refractivity contribution in [1.29, 1.82) is 0 Å². The fourth-order valence-corrected chi connectivity index (χ4v) is 2.39. The zero-order valence-corrected chi connectivity index (χ0v) is 11.4. The fourth-order valence-electron chi connectivity index (χ4n) is 2.25. The lowest BCUT2D eigenvalue weighted by Gasteiger charge is -2.10. The smallest absolute Gasteiger partial charge is 0.164 e.